The van der Waals surface area contributed by atoms with E-state index in [-0.39, 0.29) is 38.6 Å². The Morgan fingerprint density at radius 3 is 1.47 bits per heavy atom. The number of nitrogens with zero attached hydrogens (tertiary/aromatic N) is 3. The van der Waals surface area contributed by atoms with Crippen molar-refractivity contribution >= 4 is 65.4 Å². The van der Waals surface area contributed by atoms with Gasteiger partial charge in [-0.25, -0.2) is 0 Å². The summed E-state index contributed by atoms with van der Waals surface area (Å²) in [6.07, 6.45) is 0. The molecule has 0 aliphatic rings. The molecule has 12 aromatic rings. The lowest BCUT2D eigenvalue weighted by atomic mass is 10.00. The van der Waals surface area contributed by atoms with Crippen molar-refractivity contribution in [2.45, 2.75) is 0 Å². The zero-order valence-electron chi connectivity index (χ0n) is 58.7. The monoisotopic (exact) mass is 755 g/mol. The maximum absolute atomic E-state index is 9.92. The average molecular weight is 756 g/mol. The Hall–Kier alpha value is -7.62. The van der Waals surface area contributed by atoms with Gasteiger partial charge in [-0.3, -0.25) is 0 Å². The molecule has 12 rings (SSSR count). The zero-order chi connectivity index (χ0) is 63.6. The summed E-state index contributed by atoms with van der Waals surface area (Å²) in [5, 5.41) is -2.51. The summed E-state index contributed by atoms with van der Waals surface area (Å²) in [7, 11) is 0. The first-order valence-corrected chi connectivity index (χ1v) is 17.2. The van der Waals surface area contributed by atoms with E-state index in [9.17, 15) is 17.8 Å². The first-order valence-electron chi connectivity index (χ1n) is 32.2. The van der Waals surface area contributed by atoms with Crippen molar-refractivity contribution in [1.29, 1.82) is 0 Å². The molecule has 0 saturated carbocycles. The highest BCUT2D eigenvalue weighted by molar-refractivity contribution is 6.17. The molecule has 0 bridgehead atoms. The molecule has 266 valence electrons. The fourth-order valence-corrected chi connectivity index (χ4v) is 7.33. The fourth-order valence-electron chi connectivity index (χ4n) is 7.33. The van der Waals surface area contributed by atoms with E-state index in [1.165, 1.54) is 28.8 Å². The minimum atomic E-state index is -0.969. The first kappa shape index (κ1) is 14.1. The number of rotatable bonds is 5. The van der Waals surface area contributed by atoms with Gasteiger partial charge in [-0.2, -0.15) is 0 Å². The smallest absolute Gasteiger partial charge is 0.0646 e. The Morgan fingerprint density at radius 1 is 0.298 bits per heavy atom. The number of benzene rings is 9. The van der Waals surface area contributed by atoms with Gasteiger partial charge in [0.1, 0.15) is 0 Å². The van der Waals surface area contributed by atoms with Gasteiger partial charge in [0, 0.05) is 43.7 Å². The summed E-state index contributed by atoms with van der Waals surface area (Å²) >= 11 is 0. The van der Waals surface area contributed by atoms with Gasteiger partial charge in [0.25, 0.3) is 0 Å². The standard InChI is InChI=1S/C54H35N3/c1-2-14-36(15-3-1)37-28-30-38(31-29-37)39-16-12-17-40(34-39)55-47-22-8-6-20-44(47)46-35-41(32-33-51(46)55)56-50-25-11-7-21-45(50)54-52(56)26-13-27-53(54)57-48-23-9-4-18-42(48)43-19-5-10-24-49(43)57/h1-35H/i1D,2D,3D,4D,5D,6D,7D,8D,9D,10D,11D,13D,14D,15D,18D,19D,20D,21D,22D,23D,24D,25D,26D,27D,28D,29D,30D,31D,32D,33D. The van der Waals surface area contributed by atoms with Gasteiger partial charge >= 0.3 is 0 Å². The molecule has 0 saturated heterocycles. The van der Waals surface area contributed by atoms with E-state index >= 15 is 0 Å². The van der Waals surface area contributed by atoms with Gasteiger partial charge in [-0.05, 0) is 88.8 Å². The number of hydrogen-bond acceptors (Lipinski definition) is 0. The second-order valence-corrected chi connectivity index (χ2v) is 12.7. The highest BCUT2D eigenvalue weighted by Gasteiger charge is 2.20. The largest absolute Gasteiger partial charge is 0.309 e. The Labute approximate surface area is 371 Å². The van der Waals surface area contributed by atoms with Crippen LogP contribution in [0.25, 0.3) is 105 Å². The Kier molecular flexibility index (Phi) is 3.09. The van der Waals surface area contributed by atoms with Gasteiger partial charge in [-0.15, -0.1) is 0 Å². The van der Waals surface area contributed by atoms with Gasteiger partial charge in [0.05, 0.1) is 79.9 Å². The lowest BCUT2D eigenvalue weighted by Gasteiger charge is -2.13. The molecule has 3 aromatic heterocycles. The van der Waals surface area contributed by atoms with E-state index in [0.717, 1.165) is 15.2 Å². The first-order chi connectivity index (χ1) is 40.8. The van der Waals surface area contributed by atoms with Crippen LogP contribution in [-0.2, 0) is 0 Å². The number of hydrogen-bond donors (Lipinski definition) is 0. The minimum absolute atomic E-state index is 0.0576. The van der Waals surface area contributed by atoms with E-state index in [1.807, 2.05) is 0 Å². The number of para-hydroxylation sites is 4. The molecule has 3 heterocycles. The maximum Gasteiger partial charge on any atom is 0.0646 e. The van der Waals surface area contributed by atoms with Crippen molar-refractivity contribution in [3.05, 3.63) is 212 Å². The summed E-state index contributed by atoms with van der Waals surface area (Å²) < 4.78 is 274. The second-order valence-electron chi connectivity index (χ2n) is 12.7. The van der Waals surface area contributed by atoms with Gasteiger partial charge in [0.15, 0.2) is 0 Å². The Balaban J connectivity index is 1.22. The molecule has 0 N–H and O–H groups in total. The molecule has 0 fully saturated rings. The van der Waals surface area contributed by atoms with E-state index < -0.39 is 247 Å². The molecule has 9 aromatic carbocycles. The van der Waals surface area contributed by atoms with Crippen LogP contribution in [0.2, 0.25) is 0 Å². The molecule has 0 atom stereocenters. The van der Waals surface area contributed by atoms with Crippen molar-refractivity contribution in [3.63, 3.8) is 0 Å². The fraction of sp³-hybridized carbons (Fsp3) is 0. The lowest BCUT2D eigenvalue weighted by molar-refractivity contribution is 1.16. The predicted molar refractivity (Wildman–Crippen MR) is 240 cm³/mol. The summed E-state index contributed by atoms with van der Waals surface area (Å²) in [4.78, 5) is 0. The van der Waals surface area contributed by atoms with Crippen molar-refractivity contribution < 1.29 is 41.1 Å². The Morgan fingerprint density at radius 2 is 0.789 bits per heavy atom. The van der Waals surface area contributed by atoms with Crippen LogP contribution in [0.3, 0.4) is 0 Å². The summed E-state index contributed by atoms with van der Waals surface area (Å²) in [6.45, 7) is 0. The lowest BCUT2D eigenvalue weighted by Crippen LogP contribution is -1.97. The van der Waals surface area contributed by atoms with E-state index in [2.05, 4.69) is 0 Å². The molecule has 0 spiro atoms. The molecule has 57 heavy (non-hydrogen) atoms. The van der Waals surface area contributed by atoms with Gasteiger partial charge in [0.2, 0.25) is 0 Å². The molecule has 3 heteroatoms. The summed E-state index contributed by atoms with van der Waals surface area (Å²) in [5.41, 5.74) is -5.75. The van der Waals surface area contributed by atoms with Crippen molar-refractivity contribution in [3.8, 4) is 39.3 Å². The minimum Gasteiger partial charge on any atom is -0.309 e. The third kappa shape index (κ3) is 4.79. The van der Waals surface area contributed by atoms with E-state index in [0.29, 0.717) is 0 Å². The van der Waals surface area contributed by atoms with Crippen molar-refractivity contribution in [2.75, 3.05) is 0 Å². The van der Waals surface area contributed by atoms with Crippen LogP contribution in [0.4, 0.5) is 0 Å². The highest BCUT2D eigenvalue weighted by atomic mass is 15.0. The molecule has 3 nitrogen and oxygen atoms in total. The molecule has 0 unspecified atom stereocenters. The molecular weight excluding hydrogens is 691 g/mol. The SMILES string of the molecule is [2H]c1c([2H])c([2H])c(-c2c([2H])c([2H])c(-c3cccc(-n4c5c([2H])c([2H])c(-n6c7c([2H])c([2H])c([2H])c([2H])c7c7c(-n8c9c([2H])c([2H])c([2H])c([2H])c9c9c([2H])c([2H])c([2H])c([2H])c98)c([2H])c([2H])c([2H])c76)cc5c5c([2H])c([2H])c([2H])c([2H])c54)c3)c([2H])c2[2H])c([2H])c1[2H]. The summed E-state index contributed by atoms with van der Waals surface area (Å²) in [6, 6.07) is -17.7. The van der Waals surface area contributed by atoms with Gasteiger partial charge in [-0.1, -0.05) is 145 Å². The molecule has 0 aliphatic carbocycles. The molecule has 0 amide bonds. The third-order valence-electron chi connectivity index (χ3n) is 9.69. The van der Waals surface area contributed by atoms with Crippen LogP contribution in [0, 0.1) is 0 Å². The highest BCUT2D eigenvalue weighted by Crippen LogP contribution is 2.41. The normalized spacial score (nSPS) is 19.2. The van der Waals surface area contributed by atoms with Crippen LogP contribution < -0.4 is 0 Å². The van der Waals surface area contributed by atoms with Crippen LogP contribution in [0.1, 0.15) is 41.1 Å². The third-order valence-corrected chi connectivity index (χ3v) is 9.69. The topological polar surface area (TPSA) is 14.8 Å². The van der Waals surface area contributed by atoms with E-state index in [1.54, 1.807) is 0 Å². The van der Waals surface area contributed by atoms with Crippen LogP contribution in [-0.4, -0.2) is 13.7 Å². The number of aromatic nitrogens is 3. The molecular formula is C54H35N3. The van der Waals surface area contributed by atoms with Crippen LogP contribution >= 0.6 is 0 Å². The van der Waals surface area contributed by atoms with E-state index in [4.69, 9.17) is 23.3 Å². The molecule has 0 radical (unpaired) electrons. The predicted octanol–water partition coefficient (Wildman–Crippen LogP) is 14.3. The van der Waals surface area contributed by atoms with Crippen molar-refractivity contribution in [2.24, 2.45) is 0 Å². The quantitative estimate of drug-likeness (QED) is 0.166. The summed E-state index contributed by atoms with van der Waals surface area (Å²) in [5.74, 6) is 0. The number of fused-ring (bicyclic) bond motifs is 9. The van der Waals surface area contributed by atoms with Crippen LogP contribution in [0.5, 0.6) is 0 Å². The Bertz CT molecular complexity index is 5150. The second kappa shape index (κ2) is 12.5. The maximum atomic E-state index is 9.92. The van der Waals surface area contributed by atoms with Crippen molar-refractivity contribution in [1.82, 2.24) is 13.7 Å². The van der Waals surface area contributed by atoms with Gasteiger partial charge < -0.3 is 13.7 Å². The van der Waals surface area contributed by atoms with Crippen LogP contribution in [0.15, 0.2) is 212 Å². The zero-order valence-corrected chi connectivity index (χ0v) is 28.7. The average Bonchev–Trinajstić information content (AvgIpc) is 1.54. The molecule has 0 aliphatic heterocycles.